The molecule has 0 saturated carbocycles. The largest absolute Gasteiger partial charge is 0.0654 e. The molecule has 2 aliphatic carbocycles. The smallest absolute Gasteiger partial charge is 0.0215 e. The second kappa shape index (κ2) is 20.5. The highest BCUT2D eigenvalue weighted by molar-refractivity contribution is 5.82. The van der Waals surface area contributed by atoms with E-state index in [1.807, 2.05) is 0 Å². The Morgan fingerprint density at radius 3 is 0.911 bits per heavy atom. The van der Waals surface area contributed by atoms with Crippen LogP contribution in [-0.2, 0) is 10.8 Å². The average molecular weight is 753 g/mol. The Balaban J connectivity index is 0.000000219. The van der Waals surface area contributed by atoms with Gasteiger partial charge in [0, 0.05) is 10.8 Å². The molecule has 4 aromatic rings. The van der Waals surface area contributed by atoms with Gasteiger partial charge in [0.25, 0.3) is 0 Å². The van der Waals surface area contributed by atoms with Crippen molar-refractivity contribution in [2.75, 3.05) is 0 Å². The molecule has 304 valence electrons. The lowest BCUT2D eigenvalue weighted by Gasteiger charge is -2.34. The van der Waals surface area contributed by atoms with Gasteiger partial charge in [-0.05, 0) is 123 Å². The van der Waals surface area contributed by atoms with Gasteiger partial charge in [-0.25, -0.2) is 0 Å². The maximum Gasteiger partial charge on any atom is 0.0215 e. The fourth-order valence-electron chi connectivity index (χ4n) is 10.3. The second-order valence-electron chi connectivity index (χ2n) is 19.3. The zero-order chi connectivity index (χ0) is 40.3. The van der Waals surface area contributed by atoms with E-state index in [-0.39, 0.29) is 10.8 Å². The van der Waals surface area contributed by atoms with Crippen molar-refractivity contribution in [2.24, 2.45) is 11.8 Å². The van der Waals surface area contributed by atoms with Gasteiger partial charge in [-0.15, -0.1) is 0 Å². The molecule has 0 nitrogen and oxygen atoms in total. The van der Waals surface area contributed by atoms with Crippen LogP contribution in [0.25, 0.3) is 22.3 Å². The highest BCUT2D eigenvalue weighted by Crippen LogP contribution is 2.56. The Labute approximate surface area is 345 Å². The van der Waals surface area contributed by atoms with Gasteiger partial charge < -0.3 is 0 Å². The fourth-order valence-corrected chi connectivity index (χ4v) is 10.3. The van der Waals surface area contributed by atoms with E-state index in [1.54, 1.807) is 22.3 Å². The van der Waals surface area contributed by atoms with Gasteiger partial charge in [0.15, 0.2) is 0 Å². The Bertz CT molecular complexity index is 1700. The summed E-state index contributed by atoms with van der Waals surface area (Å²) >= 11 is 0. The third-order valence-corrected chi connectivity index (χ3v) is 13.6. The van der Waals surface area contributed by atoms with Gasteiger partial charge in [0.2, 0.25) is 0 Å². The minimum Gasteiger partial charge on any atom is -0.0654 e. The zero-order valence-electron chi connectivity index (χ0n) is 37.8. The molecule has 0 N–H and O–H groups in total. The first kappa shape index (κ1) is 44.0. The lowest BCUT2D eigenvalue weighted by molar-refractivity contribution is 0.364. The van der Waals surface area contributed by atoms with Crippen molar-refractivity contribution in [3.63, 3.8) is 0 Å². The van der Waals surface area contributed by atoms with E-state index in [0.29, 0.717) is 0 Å². The number of unbranched alkanes of at least 4 members (excludes halogenated alkanes) is 10. The molecular weight excluding hydrogens is 673 g/mol. The molecule has 0 bridgehead atoms. The molecule has 0 heterocycles. The first-order valence-electron chi connectivity index (χ1n) is 23.4. The standard InChI is InChI=1S/C31H46.C25H34/c1-5-7-9-11-13-15-21-31(22-16-14-12-10-8-6-2)29-23-25(3)17-19-27(29)28-20-18-26(4)24-30(28)31;1-17(2)11-13-25(14-12-18(3)4)23-15-19(5)7-9-21(23)22-10-8-20(6)16-24(22)25/h17-20,23-24H,5-16,21-22H2,1-4H3;7-10,15-18H,11-14H2,1-6H3. The van der Waals surface area contributed by atoms with Crippen LogP contribution in [0.3, 0.4) is 0 Å². The van der Waals surface area contributed by atoms with E-state index >= 15 is 0 Å². The van der Waals surface area contributed by atoms with Crippen LogP contribution < -0.4 is 0 Å². The van der Waals surface area contributed by atoms with Gasteiger partial charge in [-0.2, -0.15) is 0 Å². The Hall–Kier alpha value is -3.12. The molecule has 0 fully saturated rings. The zero-order valence-corrected chi connectivity index (χ0v) is 37.8. The summed E-state index contributed by atoms with van der Waals surface area (Å²) in [5, 5.41) is 0. The van der Waals surface area contributed by atoms with Crippen molar-refractivity contribution < 1.29 is 0 Å². The van der Waals surface area contributed by atoms with Crippen molar-refractivity contribution in [1.29, 1.82) is 0 Å². The Kier molecular flexibility index (Phi) is 16.1. The molecule has 56 heavy (non-hydrogen) atoms. The SMILES string of the molecule is CCCCCCCCC1(CCCCCCCC)c2cc(C)ccc2-c2ccc(C)cc21.Cc1ccc2c(c1)C(CCC(C)C)(CCC(C)C)c1cc(C)ccc1-2. The lowest BCUT2D eigenvalue weighted by Crippen LogP contribution is -2.27. The quantitative estimate of drug-likeness (QED) is 0.0789. The fraction of sp³-hybridized carbons (Fsp3) is 0.571. The van der Waals surface area contributed by atoms with E-state index in [4.69, 9.17) is 0 Å². The van der Waals surface area contributed by atoms with E-state index < -0.39 is 0 Å². The number of rotatable bonds is 20. The molecule has 0 radical (unpaired) electrons. The molecule has 2 aliphatic rings. The highest BCUT2D eigenvalue weighted by Gasteiger charge is 2.43. The summed E-state index contributed by atoms with van der Waals surface area (Å²) in [5.74, 6) is 1.50. The summed E-state index contributed by atoms with van der Waals surface area (Å²) < 4.78 is 0. The number of fused-ring (bicyclic) bond motifs is 6. The molecule has 6 rings (SSSR count). The Morgan fingerprint density at radius 2 is 0.625 bits per heavy atom. The summed E-state index contributed by atoms with van der Waals surface area (Å²) in [6, 6.07) is 28.7. The van der Waals surface area contributed by atoms with Gasteiger partial charge in [-0.1, -0.05) is 214 Å². The van der Waals surface area contributed by atoms with E-state index in [1.165, 1.54) is 160 Å². The molecule has 0 spiro atoms. The molecular formula is C56H80. The topological polar surface area (TPSA) is 0 Å². The van der Waals surface area contributed by atoms with Gasteiger partial charge >= 0.3 is 0 Å². The van der Waals surface area contributed by atoms with Crippen LogP contribution in [0.4, 0.5) is 0 Å². The number of aryl methyl sites for hydroxylation is 4. The first-order valence-corrected chi connectivity index (χ1v) is 23.4. The van der Waals surface area contributed by atoms with Crippen LogP contribution in [0.5, 0.6) is 0 Å². The summed E-state index contributed by atoms with van der Waals surface area (Å²) in [4.78, 5) is 0. The summed E-state index contributed by atoms with van der Waals surface area (Å²) in [6.07, 6.45) is 24.3. The molecule has 0 unspecified atom stereocenters. The van der Waals surface area contributed by atoms with Crippen LogP contribution in [0, 0.1) is 39.5 Å². The lowest BCUT2D eigenvalue weighted by atomic mass is 9.69. The van der Waals surface area contributed by atoms with E-state index in [9.17, 15) is 0 Å². The van der Waals surface area contributed by atoms with Crippen LogP contribution in [0.2, 0.25) is 0 Å². The third-order valence-electron chi connectivity index (χ3n) is 13.6. The van der Waals surface area contributed by atoms with Crippen LogP contribution in [0.1, 0.15) is 202 Å². The summed E-state index contributed by atoms with van der Waals surface area (Å²) in [6.45, 7) is 23.1. The van der Waals surface area contributed by atoms with Crippen molar-refractivity contribution in [3.05, 3.63) is 117 Å². The maximum absolute atomic E-state index is 2.53. The minimum absolute atomic E-state index is 0.206. The monoisotopic (exact) mass is 753 g/mol. The highest BCUT2D eigenvalue weighted by atomic mass is 14.5. The molecule has 0 aromatic heterocycles. The molecule has 0 atom stereocenters. The van der Waals surface area contributed by atoms with Crippen LogP contribution >= 0.6 is 0 Å². The predicted molar refractivity (Wildman–Crippen MR) is 248 cm³/mol. The number of hydrogen-bond donors (Lipinski definition) is 0. The summed E-state index contributed by atoms with van der Waals surface area (Å²) in [5.41, 5.74) is 18.5. The maximum atomic E-state index is 2.53. The van der Waals surface area contributed by atoms with Crippen LogP contribution in [-0.4, -0.2) is 0 Å². The molecule has 4 aromatic carbocycles. The van der Waals surface area contributed by atoms with Crippen molar-refractivity contribution in [3.8, 4) is 22.3 Å². The van der Waals surface area contributed by atoms with E-state index in [2.05, 4.69) is 142 Å². The second-order valence-corrected chi connectivity index (χ2v) is 19.3. The van der Waals surface area contributed by atoms with Crippen molar-refractivity contribution in [2.45, 2.75) is 196 Å². The minimum atomic E-state index is 0.206. The van der Waals surface area contributed by atoms with Crippen molar-refractivity contribution in [1.82, 2.24) is 0 Å². The van der Waals surface area contributed by atoms with Gasteiger partial charge in [0.1, 0.15) is 0 Å². The molecule has 0 amide bonds. The molecule has 0 aliphatic heterocycles. The van der Waals surface area contributed by atoms with E-state index in [0.717, 1.165) is 11.8 Å². The van der Waals surface area contributed by atoms with Crippen LogP contribution in [0.15, 0.2) is 72.8 Å². The molecule has 0 saturated heterocycles. The molecule has 0 heteroatoms. The van der Waals surface area contributed by atoms with Gasteiger partial charge in [-0.3, -0.25) is 0 Å². The van der Waals surface area contributed by atoms with Crippen molar-refractivity contribution >= 4 is 0 Å². The normalized spacial score (nSPS) is 14.4. The van der Waals surface area contributed by atoms with Gasteiger partial charge in [0.05, 0.1) is 0 Å². The predicted octanol–water partition coefficient (Wildman–Crippen LogP) is 17.5. The number of hydrogen-bond acceptors (Lipinski definition) is 0. The average Bonchev–Trinajstić information content (AvgIpc) is 3.58. The Morgan fingerprint density at radius 1 is 0.357 bits per heavy atom. The number of benzene rings is 4. The third kappa shape index (κ3) is 10.3. The first-order chi connectivity index (χ1) is 27.0. The summed E-state index contributed by atoms with van der Waals surface area (Å²) in [7, 11) is 0.